The first kappa shape index (κ1) is 19.2. The predicted octanol–water partition coefficient (Wildman–Crippen LogP) is 1.99. The number of carbonyl (C=O) groups is 1. The second kappa shape index (κ2) is 8.16. The van der Waals surface area contributed by atoms with Gasteiger partial charge in [0.05, 0.1) is 0 Å². The Morgan fingerprint density at radius 2 is 2.00 bits per heavy atom. The number of fused-ring (bicyclic) bond motifs is 1. The van der Waals surface area contributed by atoms with Crippen LogP contribution in [0.4, 0.5) is 8.78 Å². The van der Waals surface area contributed by atoms with Crippen LogP contribution in [-0.2, 0) is 11.3 Å². The minimum atomic E-state index is -2.97. The van der Waals surface area contributed by atoms with E-state index in [-0.39, 0.29) is 49.9 Å². The number of halogens is 3. The lowest BCUT2D eigenvalue weighted by Gasteiger charge is -2.22. The summed E-state index contributed by atoms with van der Waals surface area (Å²) >= 11 is 0. The quantitative estimate of drug-likeness (QED) is 0.847. The third kappa shape index (κ3) is 4.59. The van der Waals surface area contributed by atoms with Crippen LogP contribution in [0.5, 0.6) is 17.2 Å². The first-order chi connectivity index (χ1) is 10.4. The minimum Gasteiger partial charge on any atom is -0.454 e. The highest BCUT2D eigenvalue weighted by Gasteiger charge is 2.23. The fourth-order valence-electron chi connectivity index (χ4n) is 2.11. The molecule has 23 heavy (non-hydrogen) atoms. The van der Waals surface area contributed by atoms with Gasteiger partial charge in [-0.25, -0.2) is 0 Å². The summed E-state index contributed by atoms with van der Waals surface area (Å²) in [7, 11) is 1.57. The van der Waals surface area contributed by atoms with E-state index in [9.17, 15) is 13.6 Å². The minimum absolute atomic E-state index is 0. The van der Waals surface area contributed by atoms with Crippen molar-refractivity contribution in [3.63, 3.8) is 0 Å². The molecular formula is C14H19ClF2N2O4. The molecule has 9 heteroatoms. The molecule has 0 saturated heterocycles. The molecule has 130 valence electrons. The largest absolute Gasteiger partial charge is 0.454 e. The van der Waals surface area contributed by atoms with Crippen LogP contribution in [0.25, 0.3) is 0 Å². The third-order valence-electron chi connectivity index (χ3n) is 3.33. The number of nitrogens with zero attached hydrogens (tertiary/aromatic N) is 1. The highest BCUT2D eigenvalue weighted by atomic mass is 35.5. The molecule has 0 aliphatic carbocycles. The second-order valence-corrected chi connectivity index (χ2v) is 5.02. The van der Waals surface area contributed by atoms with Crippen LogP contribution in [0.15, 0.2) is 12.1 Å². The molecule has 2 rings (SSSR count). The van der Waals surface area contributed by atoms with Crippen LogP contribution in [0.2, 0.25) is 0 Å². The topological polar surface area (TPSA) is 74.0 Å². The fourth-order valence-corrected chi connectivity index (χ4v) is 2.11. The maximum absolute atomic E-state index is 12.5. The van der Waals surface area contributed by atoms with E-state index >= 15 is 0 Å². The molecule has 2 N–H and O–H groups in total. The van der Waals surface area contributed by atoms with Crippen LogP contribution in [0.1, 0.15) is 12.5 Å². The van der Waals surface area contributed by atoms with Crippen LogP contribution in [0.3, 0.4) is 0 Å². The van der Waals surface area contributed by atoms with Crippen LogP contribution < -0.4 is 19.9 Å². The van der Waals surface area contributed by atoms with Gasteiger partial charge < -0.3 is 24.8 Å². The van der Waals surface area contributed by atoms with E-state index in [4.69, 9.17) is 15.2 Å². The number of hydrogen-bond acceptors (Lipinski definition) is 5. The Kier molecular flexibility index (Phi) is 6.83. The molecule has 0 saturated carbocycles. The van der Waals surface area contributed by atoms with Crippen molar-refractivity contribution in [2.24, 2.45) is 11.7 Å². The number of hydrogen-bond donors (Lipinski definition) is 1. The number of amides is 1. The van der Waals surface area contributed by atoms with Gasteiger partial charge in [-0.2, -0.15) is 8.78 Å². The standard InChI is InChI=1S/C14H18F2N2O4.ClH/c1-8(5-17)13(19)18(2)6-9-3-11-12(21-7-20-11)4-10(9)22-14(15)16;/h3-4,8,14H,5-7,17H2,1-2H3;1H. The van der Waals surface area contributed by atoms with Gasteiger partial charge in [0.1, 0.15) is 5.75 Å². The van der Waals surface area contributed by atoms with E-state index in [1.165, 1.54) is 17.0 Å². The molecular weight excluding hydrogens is 334 g/mol. The van der Waals surface area contributed by atoms with Crippen molar-refractivity contribution < 1.29 is 27.8 Å². The Hall–Kier alpha value is -1.80. The lowest BCUT2D eigenvalue weighted by molar-refractivity contribution is -0.133. The zero-order valence-electron chi connectivity index (χ0n) is 12.8. The Labute approximate surface area is 138 Å². The number of alkyl halides is 2. The van der Waals surface area contributed by atoms with Crippen LogP contribution in [0, 0.1) is 5.92 Å². The molecule has 0 fully saturated rings. The predicted molar refractivity (Wildman–Crippen MR) is 81.1 cm³/mol. The number of nitrogens with two attached hydrogens (primary N) is 1. The first-order valence-electron chi connectivity index (χ1n) is 6.74. The van der Waals surface area contributed by atoms with Gasteiger partial charge in [0.2, 0.25) is 12.7 Å². The zero-order chi connectivity index (χ0) is 16.3. The van der Waals surface area contributed by atoms with E-state index in [0.717, 1.165) is 0 Å². The van der Waals surface area contributed by atoms with Gasteiger partial charge in [0, 0.05) is 37.7 Å². The second-order valence-electron chi connectivity index (χ2n) is 5.02. The molecule has 1 atom stereocenters. The summed E-state index contributed by atoms with van der Waals surface area (Å²) in [5.74, 6) is 0.203. The van der Waals surface area contributed by atoms with E-state index in [1.54, 1.807) is 14.0 Å². The normalized spacial score (nSPS) is 13.5. The monoisotopic (exact) mass is 352 g/mol. The molecule has 0 radical (unpaired) electrons. The van der Waals surface area contributed by atoms with Gasteiger partial charge >= 0.3 is 6.61 Å². The zero-order valence-corrected chi connectivity index (χ0v) is 13.6. The fraction of sp³-hybridized carbons (Fsp3) is 0.500. The van der Waals surface area contributed by atoms with Crippen molar-refractivity contribution in [1.82, 2.24) is 4.90 Å². The highest BCUT2D eigenvalue weighted by Crippen LogP contribution is 2.39. The SMILES string of the molecule is CC(CN)C(=O)N(C)Cc1cc2c(cc1OC(F)F)OCO2.Cl. The molecule has 1 unspecified atom stereocenters. The van der Waals surface area contributed by atoms with Gasteiger partial charge in [0.25, 0.3) is 0 Å². The molecule has 6 nitrogen and oxygen atoms in total. The average molecular weight is 353 g/mol. The maximum atomic E-state index is 12.5. The van der Waals surface area contributed by atoms with Crippen molar-refractivity contribution in [3.05, 3.63) is 17.7 Å². The summed E-state index contributed by atoms with van der Waals surface area (Å²) < 4.78 is 39.9. The van der Waals surface area contributed by atoms with E-state index in [2.05, 4.69) is 4.74 Å². The van der Waals surface area contributed by atoms with E-state index in [1.807, 2.05) is 0 Å². The lowest BCUT2D eigenvalue weighted by atomic mass is 10.1. The van der Waals surface area contributed by atoms with Crippen LogP contribution >= 0.6 is 12.4 Å². The van der Waals surface area contributed by atoms with Crippen molar-refractivity contribution in [1.29, 1.82) is 0 Å². The summed E-state index contributed by atoms with van der Waals surface area (Å²) in [5.41, 5.74) is 5.87. The highest BCUT2D eigenvalue weighted by molar-refractivity contribution is 5.85. The number of rotatable bonds is 6. The Morgan fingerprint density at radius 1 is 1.39 bits per heavy atom. The summed E-state index contributed by atoms with van der Waals surface area (Å²) in [6.45, 7) is -0.934. The Morgan fingerprint density at radius 3 is 2.57 bits per heavy atom. The summed E-state index contributed by atoms with van der Waals surface area (Å²) in [5, 5.41) is 0. The molecule has 1 aliphatic rings. The maximum Gasteiger partial charge on any atom is 0.387 e. The Balaban J connectivity index is 0.00000264. The van der Waals surface area contributed by atoms with E-state index < -0.39 is 6.61 Å². The van der Waals surface area contributed by atoms with Crippen molar-refractivity contribution in [2.45, 2.75) is 20.1 Å². The molecule has 0 bridgehead atoms. The molecule has 1 aliphatic heterocycles. The molecule has 1 amide bonds. The molecule has 0 aromatic heterocycles. The van der Waals surface area contributed by atoms with Gasteiger partial charge in [0.15, 0.2) is 11.5 Å². The first-order valence-corrected chi connectivity index (χ1v) is 6.74. The number of benzene rings is 1. The van der Waals surface area contributed by atoms with Gasteiger partial charge in [-0.1, -0.05) is 6.92 Å². The summed E-state index contributed by atoms with van der Waals surface area (Å²) in [6.07, 6.45) is 0. The van der Waals surface area contributed by atoms with Crippen molar-refractivity contribution in [2.75, 3.05) is 20.4 Å². The summed E-state index contributed by atoms with van der Waals surface area (Å²) in [6, 6.07) is 2.88. The van der Waals surface area contributed by atoms with Gasteiger partial charge in [-0.05, 0) is 6.07 Å². The van der Waals surface area contributed by atoms with Gasteiger partial charge in [-0.15, -0.1) is 12.4 Å². The van der Waals surface area contributed by atoms with Crippen LogP contribution in [-0.4, -0.2) is 37.8 Å². The third-order valence-corrected chi connectivity index (χ3v) is 3.33. The Bertz CT molecular complexity index is 560. The van der Waals surface area contributed by atoms with Crippen molar-refractivity contribution >= 4 is 18.3 Å². The van der Waals surface area contributed by atoms with Gasteiger partial charge in [-0.3, -0.25) is 4.79 Å². The van der Waals surface area contributed by atoms with Crippen molar-refractivity contribution in [3.8, 4) is 17.2 Å². The summed E-state index contributed by atoms with van der Waals surface area (Å²) in [4.78, 5) is 13.5. The molecule has 1 aromatic rings. The number of carbonyl (C=O) groups excluding carboxylic acids is 1. The smallest absolute Gasteiger partial charge is 0.387 e. The lowest BCUT2D eigenvalue weighted by Crippen LogP contribution is -2.34. The number of ether oxygens (including phenoxy) is 3. The average Bonchev–Trinajstić information content (AvgIpc) is 2.92. The van der Waals surface area contributed by atoms with E-state index in [0.29, 0.717) is 17.1 Å². The molecule has 0 spiro atoms. The molecule has 1 heterocycles. The molecule has 1 aromatic carbocycles.